The van der Waals surface area contributed by atoms with Crippen LogP contribution in [0.3, 0.4) is 0 Å². The van der Waals surface area contributed by atoms with E-state index in [0.717, 1.165) is 38.6 Å². The summed E-state index contributed by atoms with van der Waals surface area (Å²) in [5, 5.41) is 3.47. The first kappa shape index (κ1) is 30.5. The maximum absolute atomic E-state index is 4.80. The molecule has 6 aromatic carbocycles. The normalized spacial score (nSPS) is 11.1. The van der Waals surface area contributed by atoms with Crippen molar-refractivity contribution in [1.82, 2.24) is 15.0 Å². The molecular weight excluding hydrogens is 775 g/mol. The molecule has 3 aromatic heterocycles. The summed E-state index contributed by atoms with van der Waals surface area (Å²) in [5.41, 5.74) is 14.6. The molecule has 3 heterocycles. The van der Waals surface area contributed by atoms with E-state index in [4.69, 9.17) is 4.98 Å². The molecule has 1 aliphatic rings. The van der Waals surface area contributed by atoms with Crippen LogP contribution >= 0.6 is 0 Å². The topological polar surface area (TPSA) is 38.7 Å². The van der Waals surface area contributed by atoms with Gasteiger partial charge < -0.3 is 4.98 Å². The van der Waals surface area contributed by atoms with E-state index in [9.17, 15) is 0 Å². The zero-order chi connectivity index (χ0) is 31.9. The SMILES string of the molecule is [Ir].[c-]1ccccc1-c1cc2c3c(cc[c-]c3n1)-c1ccccc1-2.c1ccc(-c2ccnc3c2ccc2c(-c4ccccc4)ccnc23)cc1. The Morgan fingerprint density at radius 3 is 1.59 bits per heavy atom. The number of rotatable bonds is 3. The Labute approximate surface area is 298 Å². The van der Waals surface area contributed by atoms with Crippen LogP contribution < -0.4 is 0 Å². The summed E-state index contributed by atoms with van der Waals surface area (Å²) < 4.78 is 0. The Hall–Kier alpha value is -5.80. The van der Waals surface area contributed by atoms with E-state index >= 15 is 0 Å². The van der Waals surface area contributed by atoms with Crippen LogP contribution in [-0.2, 0) is 20.1 Å². The van der Waals surface area contributed by atoms with E-state index in [2.05, 4.69) is 131 Å². The molecule has 3 nitrogen and oxygen atoms in total. The van der Waals surface area contributed by atoms with Crippen LogP contribution in [0.5, 0.6) is 0 Å². The molecule has 0 N–H and O–H groups in total. The molecule has 0 saturated heterocycles. The average molecular weight is 802 g/mol. The quantitative estimate of drug-likeness (QED) is 0.132. The van der Waals surface area contributed by atoms with Gasteiger partial charge >= 0.3 is 0 Å². The van der Waals surface area contributed by atoms with Crippen LogP contribution in [0.15, 0.2) is 164 Å². The molecule has 0 amide bonds. The summed E-state index contributed by atoms with van der Waals surface area (Å²) >= 11 is 0. The molecule has 0 spiro atoms. The third kappa shape index (κ3) is 5.42. The molecule has 1 radical (unpaired) electrons. The monoisotopic (exact) mass is 802 g/mol. The van der Waals surface area contributed by atoms with E-state index in [-0.39, 0.29) is 20.1 Å². The predicted molar refractivity (Wildman–Crippen MR) is 197 cm³/mol. The zero-order valence-corrected chi connectivity index (χ0v) is 28.7. The number of pyridine rings is 3. The summed E-state index contributed by atoms with van der Waals surface area (Å²) in [7, 11) is 0. The first-order valence-electron chi connectivity index (χ1n) is 16.0. The first-order valence-corrected chi connectivity index (χ1v) is 16.0. The van der Waals surface area contributed by atoms with Crippen LogP contribution in [0.2, 0.25) is 0 Å². The van der Waals surface area contributed by atoms with Gasteiger partial charge in [0.15, 0.2) is 0 Å². The minimum atomic E-state index is 0. The maximum atomic E-state index is 4.80. The minimum Gasteiger partial charge on any atom is -0.323 e. The van der Waals surface area contributed by atoms with Gasteiger partial charge in [-0.3, -0.25) is 9.97 Å². The molecule has 1 aliphatic carbocycles. The number of aromatic nitrogens is 3. The molecule has 0 fully saturated rings. The van der Waals surface area contributed by atoms with Crippen molar-refractivity contribution in [3.63, 3.8) is 0 Å². The van der Waals surface area contributed by atoms with Gasteiger partial charge in [-0.25, -0.2) is 0 Å². The van der Waals surface area contributed by atoms with Gasteiger partial charge in [-0.05, 0) is 51.2 Å². The maximum Gasteiger partial charge on any atom is 0.0970 e. The van der Waals surface area contributed by atoms with Gasteiger partial charge in [0.2, 0.25) is 0 Å². The van der Waals surface area contributed by atoms with E-state index < -0.39 is 0 Å². The standard InChI is InChI=1S/C24H16N2.C21H11N.Ir/c1-3-7-17(8-4-1)19-13-15-25-23-21(19)11-12-22-20(14-16-26-24(22)23)18-9-5-2-6-10-18;1-2-7-14(8-3-1)20-13-18-16-10-5-4-9-15(16)17-11-6-12-19(22-20)21(17)18;/h1-16H;1-7,9-11,13H;/q;-2;. The Balaban J connectivity index is 0.000000141. The summed E-state index contributed by atoms with van der Waals surface area (Å²) in [6.07, 6.45) is 3.75. The van der Waals surface area contributed by atoms with E-state index in [1.54, 1.807) is 0 Å². The number of hydrogen-bond acceptors (Lipinski definition) is 3. The number of benzene rings is 6. The summed E-state index contributed by atoms with van der Waals surface area (Å²) in [5.74, 6) is 0. The fourth-order valence-electron chi connectivity index (χ4n) is 6.86. The van der Waals surface area contributed by atoms with Crippen molar-refractivity contribution in [3.05, 3.63) is 176 Å². The Kier molecular flexibility index (Phi) is 8.11. The van der Waals surface area contributed by atoms with E-state index in [1.165, 1.54) is 49.9 Å². The van der Waals surface area contributed by atoms with Crippen molar-refractivity contribution >= 4 is 32.7 Å². The van der Waals surface area contributed by atoms with Crippen molar-refractivity contribution in [2.24, 2.45) is 0 Å². The largest absolute Gasteiger partial charge is 0.323 e. The van der Waals surface area contributed by atoms with Gasteiger partial charge in [-0.1, -0.05) is 120 Å². The van der Waals surface area contributed by atoms with Crippen LogP contribution in [0.1, 0.15) is 0 Å². The summed E-state index contributed by atoms with van der Waals surface area (Å²) in [6.45, 7) is 0. The second-order valence-corrected chi connectivity index (χ2v) is 11.8. The average Bonchev–Trinajstić information content (AvgIpc) is 3.50. The third-order valence-corrected chi connectivity index (χ3v) is 9.04. The molecule has 0 aliphatic heterocycles. The van der Waals surface area contributed by atoms with Crippen molar-refractivity contribution in [1.29, 1.82) is 0 Å². The predicted octanol–water partition coefficient (Wildman–Crippen LogP) is 11.3. The number of nitrogens with zero attached hydrogens (tertiary/aromatic N) is 3. The first-order chi connectivity index (χ1) is 23.8. The molecule has 0 atom stereocenters. The van der Waals surface area contributed by atoms with Gasteiger partial charge in [-0.2, -0.15) is 18.2 Å². The molecular formula is C45H27IrN3-2. The third-order valence-electron chi connectivity index (χ3n) is 9.04. The van der Waals surface area contributed by atoms with Crippen molar-refractivity contribution in [2.45, 2.75) is 0 Å². The second kappa shape index (κ2) is 13.0. The fourth-order valence-corrected chi connectivity index (χ4v) is 6.86. The van der Waals surface area contributed by atoms with Crippen molar-refractivity contribution in [2.75, 3.05) is 0 Å². The van der Waals surface area contributed by atoms with Gasteiger partial charge in [-0.15, -0.1) is 41.5 Å². The van der Waals surface area contributed by atoms with E-state index in [0.29, 0.717) is 0 Å². The Bertz CT molecular complexity index is 2500. The van der Waals surface area contributed by atoms with Crippen LogP contribution in [0.4, 0.5) is 0 Å². The van der Waals surface area contributed by atoms with Gasteiger partial charge in [0, 0.05) is 43.3 Å². The van der Waals surface area contributed by atoms with Gasteiger partial charge in [0.05, 0.1) is 11.0 Å². The summed E-state index contributed by atoms with van der Waals surface area (Å²) in [6, 6.07) is 58.7. The Morgan fingerprint density at radius 2 is 1.00 bits per heavy atom. The Morgan fingerprint density at radius 1 is 0.429 bits per heavy atom. The van der Waals surface area contributed by atoms with Crippen LogP contribution in [0.25, 0.3) is 88.5 Å². The van der Waals surface area contributed by atoms with Crippen molar-refractivity contribution < 1.29 is 20.1 Å². The van der Waals surface area contributed by atoms with Crippen LogP contribution in [-0.4, -0.2) is 15.0 Å². The minimum absolute atomic E-state index is 0. The molecule has 0 bridgehead atoms. The fraction of sp³-hybridized carbons (Fsp3) is 0. The molecule has 49 heavy (non-hydrogen) atoms. The van der Waals surface area contributed by atoms with E-state index in [1.807, 2.05) is 54.9 Å². The molecule has 0 saturated carbocycles. The molecule has 10 rings (SSSR count). The molecule has 0 unspecified atom stereocenters. The van der Waals surface area contributed by atoms with Crippen LogP contribution in [0, 0.1) is 12.1 Å². The molecule has 4 heteroatoms. The smallest absolute Gasteiger partial charge is 0.0970 e. The van der Waals surface area contributed by atoms with Crippen molar-refractivity contribution in [3.8, 4) is 55.8 Å². The molecule has 233 valence electrons. The number of hydrogen-bond donors (Lipinski definition) is 0. The number of fused-ring (bicyclic) bond motifs is 6. The molecule has 9 aromatic rings. The second-order valence-electron chi connectivity index (χ2n) is 11.8. The zero-order valence-electron chi connectivity index (χ0n) is 26.3. The summed E-state index contributed by atoms with van der Waals surface area (Å²) in [4.78, 5) is 14.1. The van der Waals surface area contributed by atoms with Gasteiger partial charge in [0.1, 0.15) is 0 Å². The van der Waals surface area contributed by atoms with Gasteiger partial charge in [0.25, 0.3) is 0 Å².